The normalized spacial score (nSPS) is 11.0. The van der Waals surface area contributed by atoms with E-state index in [1.165, 1.54) is 18.2 Å². The molecule has 1 N–H and O–H groups in total. The van der Waals surface area contributed by atoms with Crippen LogP contribution in [0.15, 0.2) is 46.4 Å². The van der Waals surface area contributed by atoms with E-state index in [0.717, 1.165) is 0 Å². The summed E-state index contributed by atoms with van der Waals surface area (Å²) in [6, 6.07) is 11.0. The van der Waals surface area contributed by atoms with Gasteiger partial charge in [0.2, 0.25) is 0 Å². The molecule has 0 atom stereocenters. The van der Waals surface area contributed by atoms with E-state index >= 15 is 0 Å². The fourth-order valence-corrected chi connectivity index (χ4v) is 1.75. The Balaban J connectivity index is 2.25. The Labute approximate surface area is 121 Å². The molecule has 0 aliphatic heterocycles. The topological polar surface area (TPSA) is 66.0 Å². The molecule has 106 valence electrons. The molecular formula is C16H13FN2O2. The summed E-state index contributed by atoms with van der Waals surface area (Å²) in [5.41, 5.74) is 0.685. The number of hydrogen-bond donors (Lipinski definition) is 1. The van der Waals surface area contributed by atoms with Gasteiger partial charge in [0, 0.05) is 18.2 Å². The number of amides is 1. The Hall–Kier alpha value is -2.87. The van der Waals surface area contributed by atoms with Crippen LogP contribution in [0.1, 0.15) is 12.7 Å². The van der Waals surface area contributed by atoms with E-state index in [4.69, 9.17) is 9.68 Å². The van der Waals surface area contributed by atoms with E-state index in [2.05, 4.69) is 5.32 Å². The zero-order chi connectivity index (χ0) is 15.2. The van der Waals surface area contributed by atoms with Gasteiger partial charge in [0.15, 0.2) is 0 Å². The molecule has 0 unspecified atom stereocenters. The van der Waals surface area contributed by atoms with Gasteiger partial charge >= 0.3 is 0 Å². The van der Waals surface area contributed by atoms with Crippen LogP contribution in [0.5, 0.6) is 0 Å². The molecule has 0 fully saturated rings. The number of likely N-dealkylation sites (N-methyl/N-ethyl adjacent to an activating group) is 1. The third kappa shape index (κ3) is 3.57. The van der Waals surface area contributed by atoms with Gasteiger partial charge in [-0.3, -0.25) is 4.79 Å². The first-order valence-corrected chi connectivity index (χ1v) is 6.40. The zero-order valence-electron chi connectivity index (χ0n) is 11.4. The lowest BCUT2D eigenvalue weighted by molar-refractivity contribution is -0.116. The van der Waals surface area contributed by atoms with Gasteiger partial charge in [0.1, 0.15) is 29.0 Å². The molecule has 1 aromatic carbocycles. The minimum Gasteiger partial charge on any atom is -0.457 e. The van der Waals surface area contributed by atoms with Crippen LogP contribution in [0.25, 0.3) is 17.4 Å². The largest absolute Gasteiger partial charge is 0.457 e. The average molecular weight is 284 g/mol. The third-order valence-electron chi connectivity index (χ3n) is 2.74. The molecule has 5 heteroatoms. The van der Waals surface area contributed by atoms with Crippen molar-refractivity contribution in [2.45, 2.75) is 6.92 Å². The lowest BCUT2D eigenvalue weighted by atomic mass is 10.2. The zero-order valence-corrected chi connectivity index (χ0v) is 11.4. The van der Waals surface area contributed by atoms with Gasteiger partial charge in [-0.15, -0.1) is 0 Å². The van der Waals surface area contributed by atoms with Gasteiger partial charge in [-0.05, 0) is 43.3 Å². The quantitative estimate of drug-likeness (QED) is 0.693. The highest BCUT2D eigenvalue weighted by atomic mass is 19.1. The summed E-state index contributed by atoms with van der Waals surface area (Å²) in [5.74, 6) is 0.153. The number of nitrogens with one attached hydrogen (secondary N) is 1. The van der Waals surface area contributed by atoms with Gasteiger partial charge in [-0.25, -0.2) is 4.39 Å². The predicted octanol–water partition coefficient (Wildman–Crippen LogP) is 3.13. The molecule has 1 amide bonds. The maximum absolute atomic E-state index is 12.9. The Bertz CT molecular complexity index is 709. The Morgan fingerprint density at radius 1 is 1.33 bits per heavy atom. The van der Waals surface area contributed by atoms with Crippen molar-refractivity contribution in [1.82, 2.24) is 5.32 Å². The van der Waals surface area contributed by atoms with Crippen molar-refractivity contribution < 1.29 is 13.6 Å². The van der Waals surface area contributed by atoms with Crippen LogP contribution in [0.4, 0.5) is 4.39 Å². The standard InChI is InChI=1S/C16H13FN2O2/c1-2-19-16(20)12(10-18)9-14-7-8-15(21-14)11-3-5-13(17)6-4-11/h3-9H,2H2,1H3,(H,19,20). The summed E-state index contributed by atoms with van der Waals surface area (Å²) in [6.45, 7) is 2.21. The molecule has 0 aliphatic rings. The summed E-state index contributed by atoms with van der Waals surface area (Å²) < 4.78 is 18.4. The Kier molecular flexibility index (Phi) is 4.52. The van der Waals surface area contributed by atoms with Crippen molar-refractivity contribution in [2.75, 3.05) is 6.54 Å². The Morgan fingerprint density at radius 3 is 2.67 bits per heavy atom. The number of halogens is 1. The van der Waals surface area contributed by atoms with Crippen molar-refractivity contribution in [2.24, 2.45) is 0 Å². The van der Waals surface area contributed by atoms with Gasteiger partial charge in [0.25, 0.3) is 5.91 Å². The van der Waals surface area contributed by atoms with E-state index in [9.17, 15) is 9.18 Å². The number of furan rings is 1. The molecule has 2 aromatic rings. The lowest BCUT2D eigenvalue weighted by Gasteiger charge is -1.99. The molecule has 0 saturated carbocycles. The average Bonchev–Trinajstić information content (AvgIpc) is 2.94. The molecule has 1 heterocycles. The number of nitriles is 1. The first-order valence-electron chi connectivity index (χ1n) is 6.40. The fraction of sp³-hybridized carbons (Fsp3) is 0.125. The van der Waals surface area contributed by atoms with Crippen LogP contribution in [-0.2, 0) is 4.79 Å². The van der Waals surface area contributed by atoms with Gasteiger partial charge in [-0.2, -0.15) is 5.26 Å². The van der Waals surface area contributed by atoms with E-state index in [1.807, 2.05) is 6.07 Å². The van der Waals surface area contributed by atoms with E-state index in [-0.39, 0.29) is 11.4 Å². The maximum atomic E-state index is 12.9. The molecular weight excluding hydrogens is 271 g/mol. The molecule has 0 aliphatic carbocycles. The second-order valence-electron chi connectivity index (χ2n) is 4.24. The van der Waals surface area contributed by atoms with Crippen LogP contribution in [-0.4, -0.2) is 12.5 Å². The minimum atomic E-state index is -0.445. The molecule has 0 bridgehead atoms. The highest BCUT2D eigenvalue weighted by Crippen LogP contribution is 2.23. The van der Waals surface area contributed by atoms with Crippen molar-refractivity contribution >= 4 is 12.0 Å². The molecule has 0 saturated heterocycles. The second kappa shape index (κ2) is 6.53. The molecule has 0 spiro atoms. The van der Waals surface area contributed by atoms with Gasteiger partial charge < -0.3 is 9.73 Å². The van der Waals surface area contributed by atoms with Crippen LogP contribution in [0.3, 0.4) is 0 Å². The summed E-state index contributed by atoms with van der Waals surface area (Å²) in [7, 11) is 0. The number of carbonyl (C=O) groups excluding carboxylic acids is 1. The lowest BCUT2D eigenvalue weighted by Crippen LogP contribution is -2.23. The summed E-state index contributed by atoms with van der Waals surface area (Å²) in [4.78, 5) is 11.6. The molecule has 1 aromatic heterocycles. The highest BCUT2D eigenvalue weighted by Gasteiger charge is 2.10. The van der Waals surface area contributed by atoms with Crippen molar-refractivity contribution in [1.29, 1.82) is 5.26 Å². The second-order valence-corrected chi connectivity index (χ2v) is 4.24. The first-order chi connectivity index (χ1) is 10.1. The number of carbonyl (C=O) groups is 1. The van der Waals surface area contributed by atoms with Crippen LogP contribution in [0, 0.1) is 17.1 Å². The molecule has 0 radical (unpaired) electrons. The van der Waals surface area contributed by atoms with Crippen molar-refractivity contribution in [3.63, 3.8) is 0 Å². The minimum absolute atomic E-state index is 0.0307. The Morgan fingerprint density at radius 2 is 2.05 bits per heavy atom. The van der Waals surface area contributed by atoms with Crippen molar-refractivity contribution in [3.05, 3.63) is 53.5 Å². The molecule has 4 nitrogen and oxygen atoms in total. The van der Waals surface area contributed by atoms with Gasteiger partial charge in [0.05, 0.1) is 0 Å². The number of nitrogens with zero attached hydrogens (tertiary/aromatic N) is 1. The van der Waals surface area contributed by atoms with Crippen LogP contribution < -0.4 is 5.32 Å². The number of hydrogen-bond acceptors (Lipinski definition) is 3. The van der Waals surface area contributed by atoms with Crippen LogP contribution in [0.2, 0.25) is 0 Å². The van der Waals surface area contributed by atoms with Crippen molar-refractivity contribution in [3.8, 4) is 17.4 Å². The summed E-state index contributed by atoms with van der Waals surface area (Å²) >= 11 is 0. The van der Waals surface area contributed by atoms with E-state index in [1.54, 1.807) is 31.2 Å². The summed E-state index contributed by atoms with van der Waals surface area (Å²) in [5, 5.41) is 11.5. The number of benzene rings is 1. The van der Waals surface area contributed by atoms with Crippen LogP contribution >= 0.6 is 0 Å². The summed E-state index contributed by atoms with van der Waals surface area (Å²) in [6.07, 6.45) is 1.37. The maximum Gasteiger partial charge on any atom is 0.262 e. The number of rotatable bonds is 4. The first kappa shape index (κ1) is 14.5. The van der Waals surface area contributed by atoms with Gasteiger partial charge in [-0.1, -0.05) is 0 Å². The molecule has 2 rings (SSSR count). The fourth-order valence-electron chi connectivity index (χ4n) is 1.75. The third-order valence-corrected chi connectivity index (χ3v) is 2.74. The predicted molar refractivity (Wildman–Crippen MR) is 76.4 cm³/mol. The SMILES string of the molecule is CCNC(=O)C(C#N)=Cc1ccc(-c2ccc(F)cc2)o1. The monoisotopic (exact) mass is 284 g/mol. The molecule has 21 heavy (non-hydrogen) atoms. The highest BCUT2D eigenvalue weighted by molar-refractivity contribution is 6.01. The van der Waals surface area contributed by atoms with E-state index < -0.39 is 5.91 Å². The smallest absolute Gasteiger partial charge is 0.262 e. The van der Waals surface area contributed by atoms with E-state index in [0.29, 0.717) is 23.6 Å².